The van der Waals surface area contributed by atoms with Crippen molar-refractivity contribution in [1.29, 1.82) is 0 Å². The van der Waals surface area contributed by atoms with Crippen LogP contribution in [-0.2, 0) is 0 Å². The number of hydrogen-bond acceptors (Lipinski definition) is 5. The van der Waals surface area contributed by atoms with Crippen LogP contribution in [0.4, 0.5) is 11.4 Å². The average molecular weight is 247 g/mol. The summed E-state index contributed by atoms with van der Waals surface area (Å²) in [6.45, 7) is 0. The van der Waals surface area contributed by atoms with E-state index in [4.69, 9.17) is 0 Å². The van der Waals surface area contributed by atoms with Crippen molar-refractivity contribution in [2.75, 3.05) is 33.1 Å². The quantitative estimate of drug-likeness (QED) is 0.792. The van der Waals surface area contributed by atoms with E-state index in [1.807, 2.05) is 57.4 Å². The number of benzene rings is 1. The fraction of sp³-hybridized carbons (Fsp3) is 0.417. The predicted molar refractivity (Wildman–Crippen MR) is 72.2 cm³/mol. The molecule has 6 heteroatoms. The summed E-state index contributed by atoms with van der Waals surface area (Å²) in [5.41, 5.74) is 2.01. The molecule has 0 amide bonds. The first kappa shape index (κ1) is 12.5. The zero-order valence-corrected chi connectivity index (χ0v) is 11.2. The van der Waals surface area contributed by atoms with Gasteiger partial charge >= 0.3 is 6.29 Å². The molecule has 0 saturated carbocycles. The van der Waals surface area contributed by atoms with Gasteiger partial charge in [0.2, 0.25) is 0 Å². The summed E-state index contributed by atoms with van der Waals surface area (Å²) in [6.07, 6.45) is 1.70. The van der Waals surface area contributed by atoms with E-state index < -0.39 is 0 Å². The third kappa shape index (κ3) is 2.65. The molecule has 2 unspecified atom stereocenters. The number of quaternary nitrogens is 1. The first-order chi connectivity index (χ1) is 8.58. The van der Waals surface area contributed by atoms with Crippen LogP contribution in [0.15, 0.2) is 39.6 Å². The molecule has 0 aromatic heterocycles. The molecule has 1 aliphatic heterocycles. The van der Waals surface area contributed by atoms with Crippen LogP contribution < -0.4 is 9.91 Å². The summed E-state index contributed by atoms with van der Waals surface area (Å²) in [6, 6.07) is 7.98. The van der Waals surface area contributed by atoms with E-state index in [0.717, 1.165) is 16.4 Å². The van der Waals surface area contributed by atoms with Gasteiger partial charge in [-0.25, -0.2) is 0 Å². The zero-order chi connectivity index (χ0) is 13.1. The summed E-state index contributed by atoms with van der Waals surface area (Å²) >= 11 is 0. The molecular formula is C12H19N6+. The van der Waals surface area contributed by atoms with Gasteiger partial charge in [0.1, 0.15) is 0 Å². The van der Waals surface area contributed by atoms with E-state index in [9.17, 15) is 0 Å². The van der Waals surface area contributed by atoms with Gasteiger partial charge in [0, 0.05) is 26.8 Å². The first-order valence-corrected chi connectivity index (χ1v) is 5.86. The number of azo groups is 1. The molecule has 0 fully saturated rings. The molecule has 1 aromatic rings. The Labute approximate surface area is 107 Å². The van der Waals surface area contributed by atoms with Crippen molar-refractivity contribution in [2.45, 2.75) is 6.29 Å². The van der Waals surface area contributed by atoms with Crippen LogP contribution in [0.25, 0.3) is 0 Å². The standard InChI is InChI=1S/C12H18N6/c1-16(2)11-7-5-10(6-8-11)14-15-12-17(3)9-13-18(12)4/h5-9,12H,1-4H3/p+1. The maximum atomic E-state index is 4.31. The zero-order valence-electron chi connectivity index (χ0n) is 11.2. The van der Waals surface area contributed by atoms with Crippen molar-refractivity contribution < 1.29 is 5.01 Å². The lowest BCUT2D eigenvalue weighted by molar-refractivity contribution is -0.914. The number of nitrogens with one attached hydrogen (secondary N) is 1. The van der Waals surface area contributed by atoms with Gasteiger partial charge in [-0.2, -0.15) is 5.01 Å². The molecule has 2 atom stereocenters. The number of rotatable bonds is 3. The normalized spacial score (nSPS) is 23.0. The molecule has 96 valence electrons. The highest BCUT2D eigenvalue weighted by atomic mass is 15.6. The van der Waals surface area contributed by atoms with E-state index >= 15 is 0 Å². The molecule has 1 heterocycles. The van der Waals surface area contributed by atoms with Crippen LogP contribution in [0.5, 0.6) is 0 Å². The number of anilines is 1. The number of nitrogens with zero attached hydrogens (tertiary/aromatic N) is 5. The van der Waals surface area contributed by atoms with Crippen LogP contribution in [0, 0.1) is 0 Å². The molecule has 18 heavy (non-hydrogen) atoms. The minimum atomic E-state index is -0.0708. The fourth-order valence-corrected chi connectivity index (χ4v) is 1.71. The van der Waals surface area contributed by atoms with Gasteiger partial charge in [-0.3, -0.25) is 4.90 Å². The Kier molecular flexibility index (Phi) is 3.57. The Morgan fingerprint density at radius 2 is 1.94 bits per heavy atom. The van der Waals surface area contributed by atoms with Crippen LogP contribution in [-0.4, -0.2) is 45.7 Å². The van der Waals surface area contributed by atoms with Crippen LogP contribution >= 0.6 is 0 Å². The van der Waals surface area contributed by atoms with Crippen molar-refractivity contribution in [3.8, 4) is 0 Å². The Balaban J connectivity index is 2.05. The lowest BCUT2D eigenvalue weighted by atomic mass is 10.3. The van der Waals surface area contributed by atoms with Gasteiger partial charge in [0.15, 0.2) is 6.34 Å². The van der Waals surface area contributed by atoms with Gasteiger partial charge in [-0.05, 0) is 24.3 Å². The molecule has 0 bridgehead atoms. The Bertz CT molecular complexity index is 438. The van der Waals surface area contributed by atoms with Gasteiger partial charge < -0.3 is 4.90 Å². The predicted octanol–water partition coefficient (Wildman–Crippen LogP) is 0.523. The van der Waals surface area contributed by atoms with E-state index in [1.54, 1.807) is 6.34 Å². The average Bonchev–Trinajstić information content (AvgIpc) is 2.67. The molecule has 0 aliphatic carbocycles. The molecule has 0 radical (unpaired) electrons. The third-order valence-corrected chi connectivity index (χ3v) is 2.85. The molecule has 1 aromatic carbocycles. The van der Waals surface area contributed by atoms with Crippen molar-refractivity contribution in [1.82, 2.24) is 4.90 Å². The summed E-state index contributed by atoms with van der Waals surface area (Å²) in [4.78, 5) is 3.99. The summed E-state index contributed by atoms with van der Waals surface area (Å²) in [7, 11) is 7.93. The van der Waals surface area contributed by atoms with Crippen molar-refractivity contribution in [3.63, 3.8) is 0 Å². The second kappa shape index (κ2) is 5.14. The Morgan fingerprint density at radius 3 is 2.44 bits per heavy atom. The summed E-state index contributed by atoms with van der Waals surface area (Å²) in [5, 5.41) is 13.7. The van der Waals surface area contributed by atoms with Gasteiger partial charge in [0.05, 0.1) is 12.7 Å². The third-order valence-electron chi connectivity index (χ3n) is 2.85. The highest BCUT2D eigenvalue weighted by Crippen LogP contribution is 2.18. The van der Waals surface area contributed by atoms with E-state index in [1.165, 1.54) is 0 Å². The largest absolute Gasteiger partial charge is 0.378 e. The first-order valence-electron chi connectivity index (χ1n) is 5.86. The van der Waals surface area contributed by atoms with Gasteiger partial charge in [0.25, 0.3) is 0 Å². The van der Waals surface area contributed by atoms with Crippen LogP contribution in [0.1, 0.15) is 0 Å². The lowest BCUT2D eigenvalue weighted by Gasteiger charge is -2.14. The number of hydrogen-bond donors (Lipinski definition) is 1. The molecule has 1 aliphatic rings. The Morgan fingerprint density at radius 1 is 1.28 bits per heavy atom. The van der Waals surface area contributed by atoms with Gasteiger partial charge in [-0.1, -0.05) is 5.10 Å². The second-order valence-corrected chi connectivity index (χ2v) is 4.55. The maximum Gasteiger partial charge on any atom is 0.305 e. The van der Waals surface area contributed by atoms with Crippen molar-refractivity contribution in [2.24, 2.45) is 15.3 Å². The summed E-state index contributed by atoms with van der Waals surface area (Å²) in [5.74, 6) is 0. The van der Waals surface area contributed by atoms with Crippen molar-refractivity contribution >= 4 is 17.7 Å². The van der Waals surface area contributed by atoms with Crippen molar-refractivity contribution in [3.05, 3.63) is 24.3 Å². The molecule has 0 spiro atoms. The summed E-state index contributed by atoms with van der Waals surface area (Å²) < 4.78 is 0. The Hall–Kier alpha value is -1.95. The second-order valence-electron chi connectivity index (χ2n) is 4.55. The fourth-order valence-electron chi connectivity index (χ4n) is 1.71. The molecular weight excluding hydrogens is 228 g/mol. The van der Waals surface area contributed by atoms with Gasteiger partial charge in [-0.15, -0.1) is 10.2 Å². The minimum absolute atomic E-state index is 0.0708. The van der Waals surface area contributed by atoms with E-state index in [-0.39, 0.29) is 6.29 Å². The topological polar surface area (TPSA) is 48.0 Å². The monoisotopic (exact) mass is 247 g/mol. The molecule has 2 rings (SSSR count). The minimum Gasteiger partial charge on any atom is -0.378 e. The lowest BCUT2D eigenvalue weighted by Crippen LogP contribution is -3.07. The smallest absolute Gasteiger partial charge is 0.305 e. The maximum absolute atomic E-state index is 4.31. The van der Waals surface area contributed by atoms with Crippen LogP contribution in [0.2, 0.25) is 0 Å². The van der Waals surface area contributed by atoms with E-state index in [0.29, 0.717) is 0 Å². The van der Waals surface area contributed by atoms with Crippen LogP contribution in [0.3, 0.4) is 0 Å². The highest BCUT2D eigenvalue weighted by molar-refractivity contribution is 5.54. The highest BCUT2D eigenvalue weighted by Gasteiger charge is 2.26. The molecule has 1 N–H and O–H groups in total. The molecule has 0 saturated heterocycles. The van der Waals surface area contributed by atoms with E-state index in [2.05, 4.69) is 20.2 Å². The molecule has 6 nitrogen and oxygen atoms in total. The SMILES string of the molecule is CN(C)c1ccc(N=NC2N(C)C=N[NH+]2C)cc1.